The number of para-hydroxylation sites is 1. The molecule has 0 saturated carbocycles. The third kappa shape index (κ3) is 10.3. The summed E-state index contributed by atoms with van der Waals surface area (Å²) in [5.41, 5.74) is 3.10. The SMILES string of the molecule is CCOC(=O)Cn1cc(C[C@@H](NC(=O)[C@@H](NC(C)=O)[C@@H](C)O)C(=O)N[C@@H](Cc2ccccc2)C(=O)N(C)Cc2ccccc2)c2ccccc21. The van der Waals surface area contributed by atoms with Gasteiger partial charge in [0.2, 0.25) is 23.6 Å². The fraction of sp³-hybridized carbons (Fsp3) is 0.342. The molecule has 0 aliphatic heterocycles. The Bertz CT molecular complexity index is 1770. The third-order valence-corrected chi connectivity index (χ3v) is 8.19. The highest BCUT2D eigenvalue weighted by Gasteiger charge is 2.33. The van der Waals surface area contributed by atoms with Crippen molar-refractivity contribution in [2.24, 2.45) is 0 Å². The van der Waals surface area contributed by atoms with Crippen LogP contribution in [0.2, 0.25) is 0 Å². The van der Waals surface area contributed by atoms with E-state index in [1.165, 1.54) is 13.8 Å². The monoisotopic (exact) mass is 683 g/mol. The first-order chi connectivity index (χ1) is 24.0. The molecule has 4 atom stereocenters. The number of likely N-dealkylation sites (N-methyl/N-ethyl adjacent to an activating group) is 1. The van der Waals surface area contributed by atoms with Crippen molar-refractivity contribution in [1.82, 2.24) is 25.4 Å². The van der Waals surface area contributed by atoms with E-state index < -0.39 is 47.9 Å². The fourth-order valence-corrected chi connectivity index (χ4v) is 5.80. The standard InChI is InChI=1S/C38H45N5O7/c1-5-50-34(46)24-43-23-29(30-18-12-13-19-33(30)43)21-31(40-37(48)35(25(2)44)39-26(3)45)36(47)41-32(20-27-14-8-6-9-15-27)38(49)42(4)22-28-16-10-7-11-17-28/h6-19,23,25,31-32,35,44H,5,20-22,24H2,1-4H3,(H,39,45)(H,40,48)(H,41,47)/t25-,31-,32+,35+/m1/s1. The second-order valence-electron chi connectivity index (χ2n) is 12.2. The first kappa shape index (κ1) is 37.3. The van der Waals surface area contributed by atoms with E-state index in [1.807, 2.05) is 84.9 Å². The van der Waals surface area contributed by atoms with Gasteiger partial charge >= 0.3 is 5.97 Å². The Balaban J connectivity index is 1.68. The number of nitrogens with zero attached hydrogens (tertiary/aromatic N) is 2. The lowest BCUT2D eigenvalue weighted by molar-refractivity contribution is -0.143. The average molecular weight is 684 g/mol. The van der Waals surface area contributed by atoms with Crippen LogP contribution in [0.25, 0.3) is 10.9 Å². The Labute approximate surface area is 291 Å². The first-order valence-corrected chi connectivity index (χ1v) is 16.6. The topological polar surface area (TPSA) is 159 Å². The van der Waals surface area contributed by atoms with Crippen LogP contribution in [0.5, 0.6) is 0 Å². The van der Waals surface area contributed by atoms with Crippen LogP contribution in [-0.4, -0.2) is 82.1 Å². The summed E-state index contributed by atoms with van der Waals surface area (Å²) in [7, 11) is 1.66. The summed E-state index contributed by atoms with van der Waals surface area (Å²) in [5.74, 6) is -2.72. The molecule has 50 heavy (non-hydrogen) atoms. The molecule has 4 N–H and O–H groups in total. The summed E-state index contributed by atoms with van der Waals surface area (Å²) in [5, 5.41) is 19.1. The van der Waals surface area contributed by atoms with E-state index in [0.717, 1.165) is 22.0 Å². The zero-order valence-electron chi connectivity index (χ0n) is 28.8. The molecule has 1 aromatic heterocycles. The highest BCUT2D eigenvalue weighted by Crippen LogP contribution is 2.23. The van der Waals surface area contributed by atoms with E-state index in [2.05, 4.69) is 16.0 Å². The molecular weight excluding hydrogens is 638 g/mol. The summed E-state index contributed by atoms with van der Waals surface area (Å²) < 4.78 is 6.87. The van der Waals surface area contributed by atoms with Crippen LogP contribution in [0, 0.1) is 0 Å². The van der Waals surface area contributed by atoms with Gasteiger partial charge in [0.25, 0.3) is 0 Å². The van der Waals surface area contributed by atoms with Gasteiger partial charge in [-0.2, -0.15) is 0 Å². The molecule has 3 aromatic carbocycles. The lowest BCUT2D eigenvalue weighted by atomic mass is 10.0. The number of aliphatic hydroxyl groups excluding tert-OH is 1. The highest BCUT2D eigenvalue weighted by atomic mass is 16.5. The van der Waals surface area contributed by atoms with Crippen LogP contribution < -0.4 is 16.0 Å². The number of aliphatic hydroxyl groups is 1. The highest BCUT2D eigenvalue weighted by molar-refractivity contribution is 5.95. The zero-order chi connectivity index (χ0) is 36.2. The summed E-state index contributed by atoms with van der Waals surface area (Å²) in [6.45, 7) is 4.77. The number of ether oxygens (including phenoxy) is 1. The van der Waals surface area contributed by atoms with Crippen molar-refractivity contribution in [2.75, 3.05) is 13.7 Å². The summed E-state index contributed by atoms with van der Waals surface area (Å²) in [6.07, 6.45) is 0.612. The van der Waals surface area contributed by atoms with Crippen LogP contribution in [-0.2, 0) is 54.6 Å². The van der Waals surface area contributed by atoms with E-state index in [4.69, 9.17) is 4.74 Å². The number of rotatable bonds is 16. The van der Waals surface area contributed by atoms with Gasteiger partial charge in [0.05, 0.1) is 12.7 Å². The second-order valence-corrected chi connectivity index (χ2v) is 12.2. The molecule has 0 spiro atoms. The Hall–Kier alpha value is -5.49. The smallest absolute Gasteiger partial charge is 0.325 e. The number of hydrogen-bond donors (Lipinski definition) is 4. The van der Waals surface area contributed by atoms with Crippen LogP contribution in [0.15, 0.2) is 91.1 Å². The number of benzene rings is 3. The minimum Gasteiger partial charge on any atom is -0.465 e. The number of carbonyl (C=O) groups excluding carboxylic acids is 5. The largest absolute Gasteiger partial charge is 0.465 e. The molecule has 0 radical (unpaired) electrons. The maximum atomic E-state index is 14.3. The molecule has 0 fully saturated rings. The molecule has 0 saturated heterocycles. The van der Waals surface area contributed by atoms with Crippen molar-refractivity contribution < 1.29 is 33.8 Å². The maximum Gasteiger partial charge on any atom is 0.325 e. The van der Waals surface area contributed by atoms with E-state index >= 15 is 0 Å². The molecule has 12 nitrogen and oxygen atoms in total. The molecule has 4 rings (SSSR count). The Morgan fingerprint density at radius 1 is 0.800 bits per heavy atom. The summed E-state index contributed by atoms with van der Waals surface area (Å²) in [6, 6.07) is 22.5. The van der Waals surface area contributed by atoms with E-state index in [0.29, 0.717) is 12.1 Å². The number of esters is 1. The normalized spacial score (nSPS) is 13.4. The van der Waals surface area contributed by atoms with Crippen molar-refractivity contribution in [1.29, 1.82) is 0 Å². The van der Waals surface area contributed by atoms with Gasteiger partial charge in [-0.1, -0.05) is 78.9 Å². The average Bonchev–Trinajstić information content (AvgIpc) is 3.43. The van der Waals surface area contributed by atoms with Crippen molar-refractivity contribution in [3.8, 4) is 0 Å². The molecule has 0 unspecified atom stereocenters. The van der Waals surface area contributed by atoms with Crippen molar-refractivity contribution in [3.63, 3.8) is 0 Å². The van der Waals surface area contributed by atoms with Crippen LogP contribution in [0.3, 0.4) is 0 Å². The van der Waals surface area contributed by atoms with Gasteiger partial charge < -0.3 is 35.3 Å². The molecule has 264 valence electrons. The Kier molecular flexibility index (Phi) is 13.3. The van der Waals surface area contributed by atoms with Crippen molar-refractivity contribution in [2.45, 2.75) is 70.9 Å². The van der Waals surface area contributed by atoms with Crippen LogP contribution in [0.4, 0.5) is 0 Å². The molecule has 1 heterocycles. The van der Waals surface area contributed by atoms with Gasteiger partial charge in [0, 0.05) is 50.5 Å². The minimum absolute atomic E-state index is 0.0351. The van der Waals surface area contributed by atoms with Crippen LogP contribution >= 0.6 is 0 Å². The third-order valence-electron chi connectivity index (χ3n) is 8.19. The molecule has 0 aliphatic carbocycles. The molecule has 12 heteroatoms. The number of nitrogens with one attached hydrogen (secondary N) is 3. The van der Waals surface area contributed by atoms with Crippen LogP contribution in [0.1, 0.15) is 37.5 Å². The summed E-state index contributed by atoms with van der Waals surface area (Å²) >= 11 is 0. The predicted molar refractivity (Wildman–Crippen MR) is 188 cm³/mol. The van der Waals surface area contributed by atoms with Gasteiger partial charge in [-0.05, 0) is 36.6 Å². The fourth-order valence-electron chi connectivity index (χ4n) is 5.80. The van der Waals surface area contributed by atoms with Crippen molar-refractivity contribution >= 4 is 40.5 Å². The quantitative estimate of drug-likeness (QED) is 0.132. The lowest BCUT2D eigenvalue weighted by Gasteiger charge is -2.28. The maximum absolute atomic E-state index is 14.3. The lowest BCUT2D eigenvalue weighted by Crippen LogP contribution is -2.59. The van der Waals surface area contributed by atoms with Gasteiger partial charge in [-0.25, -0.2) is 0 Å². The first-order valence-electron chi connectivity index (χ1n) is 16.6. The molecule has 0 bridgehead atoms. The van der Waals surface area contributed by atoms with E-state index in [9.17, 15) is 29.1 Å². The molecule has 4 amide bonds. The van der Waals surface area contributed by atoms with Crippen molar-refractivity contribution in [3.05, 3.63) is 108 Å². The number of aromatic nitrogens is 1. The Morgan fingerprint density at radius 2 is 1.40 bits per heavy atom. The second kappa shape index (κ2) is 17.8. The van der Waals surface area contributed by atoms with E-state index in [1.54, 1.807) is 29.6 Å². The molecular formula is C38H45N5O7. The van der Waals surface area contributed by atoms with Gasteiger partial charge in [-0.15, -0.1) is 0 Å². The molecule has 0 aliphatic rings. The molecule has 4 aromatic rings. The van der Waals surface area contributed by atoms with Gasteiger partial charge in [0.1, 0.15) is 24.7 Å². The predicted octanol–water partition coefficient (Wildman–Crippen LogP) is 2.50. The Morgan fingerprint density at radius 3 is 2.02 bits per heavy atom. The number of fused-ring (bicyclic) bond motifs is 1. The summed E-state index contributed by atoms with van der Waals surface area (Å²) in [4.78, 5) is 67.6. The van der Waals surface area contributed by atoms with Gasteiger partial charge in [0.15, 0.2) is 0 Å². The zero-order valence-corrected chi connectivity index (χ0v) is 28.8. The number of amides is 4. The van der Waals surface area contributed by atoms with E-state index in [-0.39, 0.29) is 31.9 Å². The number of hydrogen-bond acceptors (Lipinski definition) is 7. The minimum atomic E-state index is -1.34. The number of carbonyl (C=O) groups is 5. The van der Waals surface area contributed by atoms with Gasteiger partial charge in [-0.3, -0.25) is 24.0 Å².